The highest BCUT2D eigenvalue weighted by Crippen LogP contribution is 2.38. The van der Waals surface area contributed by atoms with Crippen LogP contribution in [-0.4, -0.2) is 17.0 Å². The number of amides is 1. The molecule has 2 aromatic carbocycles. The Balaban J connectivity index is 1.43. The van der Waals surface area contributed by atoms with E-state index in [1.807, 2.05) is 60.8 Å². The molecule has 30 heavy (non-hydrogen) atoms. The topological polar surface area (TPSA) is 72.2 Å². The van der Waals surface area contributed by atoms with Crippen molar-refractivity contribution in [2.75, 3.05) is 0 Å². The number of quaternary nitrogens is 1. The molecule has 4 N–H and O–H groups in total. The Kier molecular flexibility index (Phi) is 5.84. The van der Waals surface area contributed by atoms with Gasteiger partial charge in [-0.2, -0.15) is 0 Å². The van der Waals surface area contributed by atoms with Gasteiger partial charge in [0.15, 0.2) is 5.70 Å². The lowest BCUT2D eigenvalue weighted by Crippen LogP contribution is -2.86. The molecule has 0 bridgehead atoms. The van der Waals surface area contributed by atoms with E-state index in [4.69, 9.17) is 10.5 Å². The fourth-order valence-electron chi connectivity index (χ4n) is 3.56. The van der Waals surface area contributed by atoms with Crippen LogP contribution in [0.25, 0.3) is 0 Å². The summed E-state index contributed by atoms with van der Waals surface area (Å²) in [7, 11) is 0. The number of para-hydroxylation sites is 1. The molecule has 0 saturated heterocycles. The van der Waals surface area contributed by atoms with Crippen LogP contribution in [0.5, 0.6) is 11.5 Å². The molecular weight excluding hydrogens is 374 g/mol. The van der Waals surface area contributed by atoms with E-state index in [0.29, 0.717) is 17.2 Å². The third-order valence-corrected chi connectivity index (χ3v) is 5.66. The quantitative estimate of drug-likeness (QED) is 0.769. The van der Waals surface area contributed by atoms with Crippen molar-refractivity contribution < 1.29 is 14.8 Å². The molecule has 2 aromatic rings. The molecule has 0 radical (unpaired) electrons. The summed E-state index contributed by atoms with van der Waals surface area (Å²) >= 11 is 0. The number of carbonyl (C=O) groups excluding carboxylic acids is 1. The summed E-state index contributed by atoms with van der Waals surface area (Å²) in [6.45, 7) is 4.29. The predicted molar refractivity (Wildman–Crippen MR) is 117 cm³/mol. The van der Waals surface area contributed by atoms with Crippen molar-refractivity contribution in [3.63, 3.8) is 0 Å². The van der Waals surface area contributed by atoms with E-state index in [2.05, 4.69) is 18.7 Å². The molecule has 1 heterocycles. The van der Waals surface area contributed by atoms with Crippen LogP contribution < -0.4 is 15.8 Å². The number of carbonyl (C=O) groups is 1. The van der Waals surface area contributed by atoms with Gasteiger partial charge in [0, 0.05) is 11.8 Å². The Labute approximate surface area is 177 Å². The van der Waals surface area contributed by atoms with Gasteiger partial charge in [-0.3, -0.25) is 0 Å². The molecule has 1 fully saturated rings. The number of nitrogens with zero attached hydrogens (tertiary/aromatic N) is 1. The Hall–Kier alpha value is -3.15. The van der Waals surface area contributed by atoms with Crippen molar-refractivity contribution >= 4 is 5.91 Å². The van der Waals surface area contributed by atoms with Gasteiger partial charge in [-0.1, -0.05) is 23.8 Å². The van der Waals surface area contributed by atoms with Crippen LogP contribution in [-0.2, 0) is 0 Å². The molecular formula is C25H28N3O2+. The van der Waals surface area contributed by atoms with Gasteiger partial charge in [0.1, 0.15) is 17.7 Å². The molecule has 2 aliphatic rings. The first-order chi connectivity index (χ1) is 14.5. The molecule has 1 atom stereocenters. The fraction of sp³-hybridized carbons (Fsp3) is 0.240. The molecule has 1 amide bonds. The van der Waals surface area contributed by atoms with Crippen molar-refractivity contribution in [1.29, 1.82) is 0 Å². The van der Waals surface area contributed by atoms with Gasteiger partial charge in [0.25, 0.3) is 0 Å². The maximum Gasteiger partial charge on any atom is 0.347 e. The zero-order valence-corrected chi connectivity index (χ0v) is 17.4. The summed E-state index contributed by atoms with van der Waals surface area (Å²) in [6, 6.07) is 16.8. The molecule has 1 saturated carbocycles. The first-order valence-corrected chi connectivity index (χ1v) is 10.3. The van der Waals surface area contributed by atoms with E-state index in [1.165, 1.54) is 24.1 Å². The molecule has 5 nitrogen and oxygen atoms in total. The minimum atomic E-state index is -0.208. The number of rotatable bonds is 6. The molecule has 0 aromatic heterocycles. The van der Waals surface area contributed by atoms with E-state index >= 15 is 0 Å². The summed E-state index contributed by atoms with van der Waals surface area (Å²) in [5.41, 5.74) is 10.3. The highest BCUT2D eigenvalue weighted by Gasteiger charge is 2.27. The van der Waals surface area contributed by atoms with Gasteiger partial charge in [-0.25, -0.2) is 10.1 Å². The number of allylic oxidation sites excluding steroid dienone is 3. The maximum atomic E-state index is 12.8. The largest absolute Gasteiger partial charge is 0.457 e. The van der Waals surface area contributed by atoms with Crippen LogP contribution in [0, 0.1) is 5.92 Å². The van der Waals surface area contributed by atoms with Crippen molar-refractivity contribution in [2.45, 2.75) is 32.9 Å². The molecule has 154 valence electrons. The van der Waals surface area contributed by atoms with Crippen LogP contribution in [0.4, 0.5) is 0 Å². The lowest BCUT2D eigenvalue weighted by molar-refractivity contribution is -0.497. The third kappa shape index (κ3) is 4.70. The number of nitrogens with two attached hydrogens (primary N) is 2. The molecule has 5 heteroatoms. The average molecular weight is 403 g/mol. The second kappa shape index (κ2) is 8.69. The van der Waals surface area contributed by atoms with Gasteiger partial charge in [0.2, 0.25) is 0 Å². The summed E-state index contributed by atoms with van der Waals surface area (Å²) in [6.07, 6.45) is 8.11. The second-order valence-corrected chi connectivity index (χ2v) is 7.88. The van der Waals surface area contributed by atoms with Crippen molar-refractivity contribution in [1.82, 2.24) is 4.90 Å². The van der Waals surface area contributed by atoms with E-state index in [9.17, 15) is 4.79 Å². The van der Waals surface area contributed by atoms with Gasteiger partial charge in [-0.15, -0.1) is 0 Å². The van der Waals surface area contributed by atoms with Crippen LogP contribution in [0.1, 0.15) is 37.0 Å². The molecule has 1 unspecified atom stereocenters. The Morgan fingerprint density at radius 1 is 1.03 bits per heavy atom. The first-order valence-electron chi connectivity index (χ1n) is 10.3. The minimum Gasteiger partial charge on any atom is -0.457 e. The van der Waals surface area contributed by atoms with Crippen molar-refractivity contribution in [3.8, 4) is 11.5 Å². The lowest BCUT2D eigenvalue weighted by Gasteiger charge is -2.30. The van der Waals surface area contributed by atoms with Crippen LogP contribution in [0.3, 0.4) is 0 Å². The summed E-state index contributed by atoms with van der Waals surface area (Å²) in [4.78, 5) is 14.8. The lowest BCUT2D eigenvalue weighted by atomic mass is 10.1. The number of primary amides is 1. The maximum absolute atomic E-state index is 12.8. The fourth-order valence-corrected chi connectivity index (χ4v) is 3.56. The highest BCUT2D eigenvalue weighted by molar-refractivity contribution is 5.87. The normalized spacial score (nSPS) is 19.2. The van der Waals surface area contributed by atoms with Gasteiger partial charge in [-0.05, 0) is 75.1 Å². The zero-order chi connectivity index (χ0) is 21.1. The number of ether oxygens (including phenoxy) is 1. The van der Waals surface area contributed by atoms with Crippen molar-refractivity contribution in [3.05, 3.63) is 95.5 Å². The van der Waals surface area contributed by atoms with Crippen LogP contribution in [0.15, 0.2) is 89.9 Å². The van der Waals surface area contributed by atoms with Gasteiger partial charge < -0.3 is 15.4 Å². The Morgan fingerprint density at radius 2 is 1.70 bits per heavy atom. The Bertz CT molecular complexity index is 1000. The zero-order valence-electron chi connectivity index (χ0n) is 17.4. The van der Waals surface area contributed by atoms with E-state index in [1.54, 1.807) is 17.4 Å². The Morgan fingerprint density at radius 3 is 2.37 bits per heavy atom. The number of hydrogen-bond acceptors (Lipinski definition) is 4. The molecule has 4 rings (SSSR count). The second-order valence-electron chi connectivity index (χ2n) is 7.88. The van der Waals surface area contributed by atoms with Crippen molar-refractivity contribution in [2.24, 2.45) is 11.7 Å². The summed E-state index contributed by atoms with van der Waals surface area (Å²) in [5.74, 6) is 2.10. The highest BCUT2D eigenvalue weighted by atomic mass is 16.5. The van der Waals surface area contributed by atoms with E-state index in [0.717, 1.165) is 11.4 Å². The molecule has 1 aliphatic heterocycles. The first kappa shape index (κ1) is 20.1. The van der Waals surface area contributed by atoms with Gasteiger partial charge in [0.05, 0.1) is 11.8 Å². The standard InChI is InChI=1S/C25H27N3O2/c1-17(19-8-9-19)18(2)28-16-21(12-15-24(28)26)27-25(29)20-10-13-23(14-11-20)30-22-6-4-3-5-7-22/h3-7,10-16,19,24H,8-9,26H2,1-2H3,(H,27,29)/p+1/b18-17+. The van der Waals surface area contributed by atoms with E-state index < -0.39 is 0 Å². The molecule has 1 aliphatic carbocycles. The SMILES string of the molecule is C/C(=C(/C)N1C=C([NH2+]C(=O)c2ccc(Oc3ccccc3)cc2)C=CC1N)C1CC1. The predicted octanol–water partition coefficient (Wildman–Crippen LogP) is 3.88. The number of hydrogen-bond donors (Lipinski definition) is 2. The van der Waals surface area contributed by atoms with E-state index in [-0.39, 0.29) is 12.1 Å². The molecule has 0 spiro atoms. The minimum absolute atomic E-state index is 0.0480. The summed E-state index contributed by atoms with van der Waals surface area (Å²) in [5, 5.41) is 1.65. The van der Waals surface area contributed by atoms with Crippen LogP contribution in [0.2, 0.25) is 0 Å². The van der Waals surface area contributed by atoms with Gasteiger partial charge >= 0.3 is 5.91 Å². The van der Waals surface area contributed by atoms with Crippen LogP contribution >= 0.6 is 0 Å². The monoisotopic (exact) mass is 402 g/mol. The summed E-state index contributed by atoms with van der Waals surface area (Å²) < 4.78 is 5.79. The smallest absolute Gasteiger partial charge is 0.347 e. The third-order valence-electron chi connectivity index (χ3n) is 5.66. The number of benzene rings is 2. The average Bonchev–Trinajstić information content (AvgIpc) is 3.61.